The summed E-state index contributed by atoms with van der Waals surface area (Å²) in [6.45, 7) is 28.7. The van der Waals surface area contributed by atoms with Crippen LogP contribution in [0.15, 0.2) is 0 Å². The fourth-order valence-corrected chi connectivity index (χ4v) is 2.84. The highest BCUT2D eigenvalue weighted by molar-refractivity contribution is 4.89. The summed E-state index contributed by atoms with van der Waals surface area (Å²) in [7, 11) is 0. The van der Waals surface area contributed by atoms with Gasteiger partial charge in [-0.1, -0.05) is 26.7 Å². The Bertz CT molecular complexity index is 388. The molecule has 0 saturated heterocycles. The summed E-state index contributed by atoms with van der Waals surface area (Å²) in [5.74, 6) is 1.35. The minimum absolute atomic E-state index is 0.198. The molecule has 0 fully saturated rings. The van der Waals surface area contributed by atoms with Gasteiger partial charge in [-0.05, 0) is 37.5 Å². The monoisotopic (exact) mass is 348 g/mol. The number of ether oxygens (including phenoxy) is 1. The molecule has 0 radical (unpaired) electrons. The first-order valence-electron chi connectivity index (χ1n) is 9.97. The lowest BCUT2D eigenvalue weighted by atomic mass is 9.93. The van der Waals surface area contributed by atoms with Gasteiger partial charge in [0.15, 0.2) is 0 Å². The average molecular weight is 349 g/mol. The third kappa shape index (κ3) is 13.9. The predicted molar refractivity (Wildman–Crippen MR) is 107 cm³/mol. The van der Waals surface area contributed by atoms with Crippen molar-refractivity contribution in [3.63, 3.8) is 0 Å². The standard InChI is InChI=1S/C22H40N2O/c1-19(11-9-15-21(3,4)23-7)13-17-25-18-14-20(2)12-10-16-22(5,6)24-8/h19-20H,9-18H2,1-6H3. The van der Waals surface area contributed by atoms with E-state index in [1.165, 1.54) is 12.8 Å². The number of rotatable bonds is 14. The molecule has 0 saturated carbocycles. The van der Waals surface area contributed by atoms with Crippen molar-refractivity contribution < 1.29 is 4.74 Å². The Morgan fingerprint density at radius 1 is 0.720 bits per heavy atom. The Morgan fingerprint density at radius 2 is 1.08 bits per heavy atom. The van der Waals surface area contributed by atoms with E-state index in [2.05, 4.69) is 23.5 Å². The summed E-state index contributed by atoms with van der Waals surface area (Å²) in [4.78, 5) is 7.34. The van der Waals surface area contributed by atoms with Gasteiger partial charge in [0.1, 0.15) is 0 Å². The summed E-state index contributed by atoms with van der Waals surface area (Å²) < 4.78 is 5.81. The summed E-state index contributed by atoms with van der Waals surface area (Å²) in [6.07, 6.45) is 8.86. The highest BCUT2D eigenvalue weighted by atomic mass is 16.5. The van der Waals surface area contributed by atoms with E-state index in [1.54, 1.807) is 0 Å². The van der Waals surface area contributed by atoms with Crippen molar-refractivity contribution in [2.24, 2.45) is 11.8 Å². The first kappa shape index (κ1) is 23.9. The lowest BCUT2D eigenvalue weighted by molar-refractivity contribution is 0.108. The van der Waals surface area contributed by atoms with E-state index in [-0.39, 0.29) is 11.1 Å². The quantitative estimate of drug-likeness (QED) is 0.249. The Labute approximate surface area is 157 Å². The highest BCUT2D eigenvalue weighted by Crippen LogP contribution is 2.22. The van der Waals surface area contributed by atoms with Gasteiger partial charge in [-0.3, -0.25) is 0 Å². The van der Waals surface area contributed by atoms with Crippen LogP contribution in [-0.4, -0.2) is 24.3 Å². The molecular formula is C22H40N2O. The number of hydrogen-bond donors (Lipinski definition) is 0. The minimum atomic E-state index is -0.198. The minimum Gasteiger partial charge on any atom is -0.381 e. The molecule has 0 aromatic heterocycles. The van der Waals surface area contributed by atoms with Crippen molar-refractivity contribution in [2.45, 2.75) is 104 Å². The topological polar surface area (TPSA) is 17.9 Å². The van der Waals surface area contributed by atoms with Gasteiger partial charge >= 0.3 is 0 Å². The second-order valence-corrected chi connectivity index (χ2v) is 9.03. The first-order valence-corrected chi connectivity index (χ1v) is 9.97. The van der Waals surface area contributed by atoms with Crippen LogP contribution in [0.2, 0.25) is 0 Å². The maximum atomic E-state index is 7.16. The first-order chi connectivity index (χ1) is 11.6. The van der Waals surface area contributed by atoms with Gasteiger partial charge in [-0.25, -0.2) is 13.1 Å². The van der Waals surface area contributed by atoms with Crippen molar-refractivity contribution in [1.29, 1.82) is 0 Å². The van der Waals surface area contributed by atoms with Gasteiger partial charge in [0.25, 0.3) is 0 Å². The van der Waals surface area contributed by atoms with Gasteiger partial charge in [-0.2, -0.15) is 0 Å². The molecule has 0 spiro atoms. The van der Waals surface area contributed by atoms with Crippen LogP contribution in [-0.2, 0) is 4.74 Å². The molecule has 0 rings (SSSR count). The number of nitrogens with zero attached hydrogens (tertiary/aromatic N) is 2. The fraction of sp³-hybridized carbons (Fsp3) is 0.909. The zero-order valence-electron chi connectivity index (χ0n) is 17.5. The van der Waals surface area contributed by atoms with Crippen LogP contribution in [0.1, 0.15) is 92.9 Å². The van der Waals surface area contributed by atoms with Crippen molar-refractivity contribution in [1.82, 2.24) is 0 Å². The molecule has 3 nitrogen and oxygen atoms in total. The average Bonchev–Trinajstić information content (AvgIpc) is 2.54. The SMILES string of the molecule is [C-]#[N+]C(C)(C)CCCC(C)CCOCCC(C)CCCC(C)(C)[N+]#[C-]. The Hall–Kier alpha value is -1.06. The van der Waals surface area contributed by atoms with Crippen LogP contribution in [0.5, 0.6) is 0 Å². The van der Waals surface area contributed by atoms with Crippen molar-refractivity contribution in [3.8, 4) is 0 Å². The Kier molecular flexibility index (Phi) is 11.8. The van der Waals surface area contributed by atoms with E-state index >= 15 is 0 Å². The molecule has 0 aliphatic heterocycles. The molecule has 0 amide bonds. The van der Waals surface area contributed by atoms with Crippen LogP contribution in [0.3, 0.4) is 0 Å². The lowest BCUT2D eigenvalue weighted by Gasteiger charge is -2.16. The number of hydrogen-bond acceptors (Lipinski definition) is 1. The molecule has 0 aliphatic carbocycles. The van der Waals surface area contributed by atoms with E-state index in [0.717, 1.165) is 51.7 Å². The van der Waals surface area contributed by atoms with E-state index in [4.69, 9.17) is 17.9 Å². The van der Waals surface area contributed by atoms with Gasteiger partial charge in [0.05, 0.1) is 0 Å². The third-order valence-electron chi connectivity index (χ3n) is 5.09. The largest absolute Gasteiger partial charge is 0.381 e. The molecule has 0 aliphatic rings. The van der Waals surface area contributed by atoms with Gasteiger partial charge in [-0.15, -0.1) is 0 Å². The van der Waals surface area contributed by atoms with Crippen molar-refractivity contribution in [3.05, 3.63) is 22.8 Å². The zero-order chi connectivity index (χ0) is 19.3. The predicted octanol–water partition coefficient (Wildman–Crippen LogP) is 6.79. The smallest absolute Gasteiger partial charge is 0.227 e. The molecule has 0 aromatic carbocycles. The van der Waals surface area contributed by atoms with Crippen LogP contribution < -0.4 is 0 Å². The van der Waals surface area contributed by atoms with Crippen molar-refractivity contribution >= 4 is 0 Å². The van der Waals surface area contributed by atoms with Crippen molar-refractivity contribution in [2.75, 3.05) is 13.2 Å². The van der Waals surface area contributed by atoms with E-state index in [1.807, 2.05) is 27.7 Å². The van der Waals surface area contributed by atoms with E-state index in [9.17, 15) is 0 Å². The second-order valence-electron chi connectivity index (χ2n) is 9.03. The van der Waals surface area contributed by atoms with E-state index < -0.39 is 0 Å². The molecule has 144 valence electrons. The molecule has 0 bridgehead atoms. The normalized spacial score (nSPS) is 14.6. The fourth-order valence-electron chi connectivity index (χ4n) is 2.84. The molecule has 0 aromatic rings. The summed E-state index contributed by atoms with van der Waals surface area (Å²) in [6, 6.07) is 0. The molecule has 2 unspecified atom stereocenters. The van der Waals surface area contributed by atoms with Crippen LogP contribution in [0, 0.1) is 25.0 Å². The zero-order valence-corrected chi connectivity index (χ0v) is 17.5. The molecule has 0 heterocycles. The van der Waals surface area contributed by atoms with Crippen LogP contribution in [0.4, 0.5) is 0 Å². The van der Waals surface area contributed by atoms with Gasteiger partial charge < -0.3 is 14.4 Å². The maximum Gasteiger partial charge on any atom is 0.227 e. The molecule has 25 heavy (non-hydrogen) atoms. The van der Waals surface area contributed by atoms with E-state index in [0.29, 0.717) is 11.8 Å². The second kappa shape index (κ2) is 12.3. The summed E-state index contributed by atoms with van der Waals surface area (Å²) >= 11 is 0. The highest BCUT2D eigenvalue weighted by Gasteiger charge is 2.22. The Balaban J connectivity index is 3.59. The molecular weight excluding hydrogens is 308 g/mol. The lowest BCUT2D eigenvalue weighted by Crippen LogP contribution is -2.14. The van der Waals surface area contributed by atoms with Gasteiger partial charge in [0, 0.05) is 53.8 Å². The molecule has 3 heteroatoms. The third-order valence-corrected chi connectivity index (χ3v) is 5.09. The molecule has 2 atom stereocenters. The van der Waals surface area contributed by atoms with Crippen LogP contribution >= 0.6 is 0 Å². The molecule has 0 N–H and O–H groups in total. The van der Waals surface area contributed by atoms with Crippen LogP contribution in [0.25, 0.3) is 9.69 Å². The Morgan fingerprint density at radius 3 is 1.40 bits per heavy atom. The van der Waals surface area contributed by atoms with Gasteiger partial charge in [0.2, 0.25) is 11.1 Å². The maximum absolute atomic E-state index is 7.16. The summed E-state index contributed by atoms with van der Waals surface area (Å²) in [5.41, 5.74) is -0.396. The summed E-state index contributed by atoms with van der Waals surface area (Å²) in [5, 5.41) is 0.